The summed E-state index contributed by atoms with van der Waals surface area (Å²) in [6.45, 7) is 0. The van der Waals surface area contributed by atoms with Crippen molar-refractivity contribution in [3.05, 3.63) is 28.4 Å². The Morgan fingerprint density at radius 3 is 2.46 bits per heavy atom. The summed E-state index contributed by atoms with van der Waals surface area (Å²) in [6.07, 6.45) is 0. The largest absolute Gasteiger partial charge is 0.501 e. The number of ether oxygens (including phenoxy) is 2. The van der Waals surface area contributed by atoms with Gasteiger partial charge in [0.15, 0.2) is 5.75 Å². The zero-order valence-corrected chi connectivity index (χ0v) is 7.40. The maximum Gasteiger partial charge on any atom is 0.224 e. The predicted molar refractivity (Wildman–Crippen MR) is 47.5 cm³/mol. The van der Waals surface area contributed by atoms with Gasteiger partial charge in [0.25, 0.3) is 0 Å². The Hall–Kier alpha value is -1.71. The molecule has 0 spiro atoms. The summed E-state index contributed by atoms with van der Waals surface area (Å²) in [6, 6.07) is 4.27. The predicted octanol–water partition coefficient (Wildman–Crippen LogP) is 0.770. The summed E-state index contributed by atoms with van der Waals surface area (Å²) in [5.74, 6) is -0.0658. The topological polar surface area (TPSA) is 55.8 Å². The Labute approximate surface area is 75.4 Å². The smallest absolute Gasteiger partial charge is 0.224 e. The molecule has 0 aliphatic heterocycles. The lowest BCUT2D eigenvalue weighted by molar-refractivity contribution is 0.334. The van der Waals surface area contributed by atoms with Crippen LogP contribution in [-0.2, 0) is 0 Å². The van der Waals surface area contributed by atoms with Crippen LogP contribution in [0.15, 0.2) is 23.0 Å². The first-order valence-corrected chi connectivity index (χ1v) is 3.65. The van der Waals surface area contributed by atoms with Crippen LogP contribution in [0, 0.1) is 0 Å². The molecule has 4 nitrogen and oxygen atoms in total. The molecular weight excluding hydrogens is 172 g/mol. The fourth-order valence-corrected chi connectivity index (χ4v) is 0.964. The van der Waals surface area contributed by atoms with Gasteiger partial charge < -0.3 is 14.6 Å². The summed E-state index contributed by atoms with van der Waals surface area (Å²) in [7, 11) is 2.79. The van der Waals surface area contributed by atoms with E-state index in [1.165, 1.54) is 26.4 Å². The Morgan fingerprint density at radius 2 is 1.92 bits per heavy atom. The van der Waals surface area contributed by atoms with Crippen molar-refractivity contribution in [2.45, 2.75) is 0 Å². The molecular formula is C9H10O4. The monoisotopic (exact) mass is 182 g/mol. The van der Waals surface area contributed by atoms with E-state index < -0.39 is 11.2 Å². The number of aromatic hydroxyl groups is 1. The van der Waals surface area contributed by atoms with Crippen molar-refractivity contribution in [2.75, 3.05) is 14.2 Å². The number of methoxy groups -OCH3 is 2. The molecule has 0 saturated heterocycles. The fourth-order valence-electron chi connectivity index (χ4n) is 0.964. The van der Waals surface area contributed by atoms with Crippen molar-refractivity contribution in [2.24, 2.45) is 0 Å². The van der Waals surface area contributed by atoms with Crippen LogP contribution in [0.25, 0.3) is 0 Å². The van der Waals surface area contributed by atoms with E-state index in [0.717, 1.165) is 0 Å². The average Bonchev–Trinajstić information content (AvgIpc) is 2.27. The molecule has 0 radical (unpaired) electrons. The minimum absolute atomic E-state index is 0.0532. The Bertz CT molecular complexity index is 359. The minimum atomic E-state index is -0.500. The normalized spacial score (nSPS) is 9.38. The molecule has 1 N–H and O–H groups in total. The number of rotatable bonds is 2. The van der Waals surface area contributed by atoms with Gasteiger partial charge in [0.05, 0.1) is 14.2 Å². The van der Waals surface area contributed by atoms with Crippen molar-refractivity contribution in [3.63, 3.8) is 0 Å². The van der Waals surface area contributed by atoms with Gasteiger partial charge in [-0.15, -0.1) is 0 Å². The van der Waals surface area contributed by atoms with E-state index in [1.807, 2.05) is 0 Å². The standard InChI is InChI=1S/C9H10O4/c1-12-7-5-3-4-6(10)8(11)9(7)13-2/h3-5H,1-2H3,(H,10,11). The highest BCUT2D eigenvalue weighted by Gasteiger charge is 2.09. The summed E-state index contributed by atoms with van der Waals surface area (Å²) in [4.78, 5) is 11.1. The quantitative estimate of drug-likeness (QED) is 0.734. The molecule has 0 unspecified atom stereocenters. The summed E-state index contributed by atoms with van der Waals surface area (Å²) < 4.78 is 9.74. The molecule has 0 saturated carbocycles. The van der Waals surface area contributed by atoms with Crippen LogP contribution in [0.4, 0.5) is 0 Å². The van der Waals surface area contributed by atoms with Gasteiger partial charge in [-0.3, -0.25) is 4.79 Å². The van der Waals surface area contributed by atoms with E-state index in [9.17, 15) is 9.90 Å². The van der Waals surface area contributed by atoms with E-state index in [4.69, 9.17) is 9.47 Å². The van der Waals surface area contributed by atoms with Crippen molar-refractivity contribution in [1.82, 2.24) is 0 Å². The first-order chi connectivity index (χ1) is 6.20. The van der Waals surface area contributed by atoms with Crippen LogP contribution in [0.3, 0.4) is 0 Å². The molecule has 1 rings (SSSR count). The molecule has 0 fully saturated rings. The SMILES string of the molecule is COc1cccc(=O)c(O)c1OC. The first kappa shape index (κ1) is 9.38. The fraction of sp³-hybridized carbons (Fsp3) is 0.222. The van der Waals surface area contributed by atoms with Gasteiger partial charge in [-0.05, 0) is 12.1 Å². The van der Waals surface area contributed by atoms with Gasteiger partial charge in [-0.2, -0.15) is 0 Å². The summed E-state index contributed by atoms with van der Waals surface area (Å²) >= 11 is 0. The van der Waals surface area contributed by atoms with Crippen molar-refractivity contribution in [3.8, 4) is 17.2 Å². The highest BCUT2D eigenvalue weighted by Crippen LogP contribution is 2.31. The highest BCUT2D eigenvalue weighted by atomic mass is 16.5. The second-order valence-electron chi connectivity index (χ2n) is 2.34. The van der Waals surface area contributed by atoms with E-state index in [1.54, 1.807) is 6.07 Å². The van der Waals surface area contributed by atoms with Gasteiger partial charge in [0, 0.05) is 0 Å². The Balaban J connectivity index is 3.51. The molecule has 0 heterocycles. The van der Waals surface area contributed by atoms with E-state index in [-0.39, 0.29) is 5.75 Å². The Morgan fingerprint density at radius 1 is 1.23 bits per heavy atom. The molecule has 0 amide bonds. The van der Waals surface area contributed by atoms with E-state index in [0.29, 0.717) is 5.75 Å². The molecule has 4 heteroatoms. The van der Waals surface area contributed by atoms with Gasteiger partial charge in [-0.25, -0.2) is 0 Å². The zero-order chi connectivity index (χ0) is 9.84. The molecule has 0 aromatic heterocycles. The van der Waals surface area contributed by atoms with Crippen LogP contribution in [0.1, 0.15) is 0 Å². The molecule has 0 aliphatic carbocycles. The third kappa shape index (κ3) is 1.72. The molecule has 1 aromatic rings. The van der Waals surface area contributed by atoms with Crippen molar-refractivity contribution < 1.29 is 14.6 Å². The number of hydrogen-bond acceptors (Lipinski definition) is 4. The van der Waals surface area contributed by atoms with Crippen molar-refractivity contribution in [1.29, 1.82) is 0 Å². The first-order valence-electron chi connectivity index (χ1n) is 3.65. The van der Waals surface area contributed by atoms with Crippen LogP contribution in [0.5, 0.6) is 17.2 Å². The second kappa shape index (κ2) is 3.80. The lowest BCUT2D eigenvalue weighted by atomic mass is 10.4. The summed E-state index contributed by atoms with van der Waals surface area (Å²) in [5.41, 5.74) is -0.500. The van der Waals surface area contributed by atoms with Gasteiger partial charge in [0.1, 0.15) is 0 Å². The maximum absolute atomic E-state index is 11.1. The molecule has 0 bridgehead atoms. The maximum atomic E-state index is 11.1. The lowest BCUT2D eigenvalue weighted by Gasteiger charge is -2.03. The zero-order valence-electron chi connectivity index (χ0n) is 7.40. The van der Waals surface area contributed by atoms with Crippen molar-refractivity contribution >= 4 is 0 Å². The van der Waals surface area contributed by atoms with E-state index in [2.05, 4.69) is 0 Å². The molecule has 70 valence electrons. The third-order valence-corrected chi connectivity index (χ3v) is 1.59. The van der Waals surface area contributed by atoms with Crippen LogP contribution >= 0.6 is 0 Å². The van der Waals surface area contributed by atoms with Crippen LogP contribution < -0.4 is 14.9 Å². The van der Waals surface area contributed by atoms with Gasteiger partial charge in [-0.1, -0.05) is 6.07 Å². The van der Waals surface area contributed by atoms with Crippen LogP contribution in [0.2, 0.25) is 0 Å². The average molecular weight is 182 g/mol. The number of hydrogen-bond donors (Lipinski definition) is 1. The molecule has 0 atom stereocenters. The second-order valence-corrected chi connectivity index (χ2v) is 2.34. The van der Waals surface area contributed by atoms with Gasteiger partial charge in [0.2, 0.25) is 16.9 Å². The lowest BCUT2D eigenvalue weighted by Crippen LogP contribution is -1.96. The third-order valence-electron chi connectivity index (χ3n) is 1.59. The highest BCUT2D eigenvalue weighted by molar-refractivity contribution is 5.48. The Kier molecular flexibility index (Phi) is 2.74. The molecule has 1 aromatic carbocycles. The summed E-state index contributed by atoms with van der Waals surface area (Å²) in [5, 5.41) is 9.35. The molecule has 13 heavy (non-hydrogen) atoms. The molecule has 0 aliphatic rings. The van der Waals surface area contributed by atoms with Gasteiger partial charge >= 0.3 is 0 Å². The van der Waals surface area contributed by atoms with Crippen LogP contribution in [-0.4, -0.2) is 19.3 Å². The van der Waals surface area contributed by atoms with E-state index >= 15 is 0 Å². The minimum Gasteiger partial charge on any atom is -0.501 e.